The van der Waals surface area contributed by atoms with E-state index in [1.807, 2.05) is 11.9 Å². The molecular formula is C23H21Cl2F3N4O2. The van der Waals surface area contributed by atoms with Gasteiger partial charge in [-0.3, -0.25) is 4.79 Å². The third-order valence-electron chi connectivity index (χ3n) is 5.56. The number of likely N-dealkylation sites (N-methyl/N-ethyl adjacent to an activating group) is 1. The SMILES string of the molecule is CN1CCN(c2cccc(C(F)(F)F)c2-c2ncc(-c3ccccc3NC(=O)C(Cl)Cl)o2)CC1. The zero-order valence-corrected chi connectivity index (χ0v) is 19.6. The molecule has 0 atom stereocenters. The van der Waals surface area contributed by atoms with Crippen molar-refractivity contribution >= 4 is 40.5 Å². The molecule has 1 aliphatic heterocycles. The second kappa shape index (κ2) is 9.85. The third kappa shape index (κ3) is 5.16. The lowest BCUT2D eigenvalue weighted by atomic mass is 10.0. The van der Waals surface area contributed by atoms with Gasteiger partial charge < -0.3 is 19.5 Å². The van der Waals surface area contributed by atoms with E-state index in [0.717, 1.165) is 19.2 Å². The van der Waals surface area contributed by atoms with E-state index >= 15 is 0 Å². The molecule has 1 saturated heterocycles. The van der Waals surface area contributed by atoms with Crippen molar-refractivity contribution in [3.05, 3.63) is 54.2 Å². The first-order valence-electron chi connectivity index (χ1n) is 10.4. The van der Waals surface area contributed by atoms with Crippen LogP contribution in [0.3, 0.4) is 0 Å². The molecule has 34 heavy (non-hydrogen) atoms. The molecule has 1 N–H and O–H groups in total. The minimum Gasteiger partial charge on any atom is -0.436 e. The number of nitrogens with one attached hydrogen (secondary N) is 1. The minimum atomic E-state index is -4.60. The molecule has 3 aromatic rings. The highest BCUT2D eigenvalue weighted by Gasteiger charge is 2.37. The number of carbonyl (C=O) groups excluding carboxylic acids is 1. The highest BCUT2D eigenvalue weighted by Crippen LogP contribution is 2.43. The number of benzene rings is 2. The molecule has 1 amide bonds. The fourth-order valence-corrected chi connectivity index (χ4v) is 3.93. The van der Waals surface area contributed by atoms with E-state index < -0.39 is 22.5 Å². The Bertz CT molecular complexity index is 1180. The number of anilines is 2. The first-order valence-corrected chi connectivity index (χ1v) is 11.3. The quantitative estimate of drug-likeness (QED) is 0.456. The van der Waals surface area contributed by atoms with Crippen molar-refractivity contribution in [1.29, 1.82) is 0 Å². The summed E-state index contributed by atoms with van der Waals surface area (Å²) in [6.45, 7) is 2.60. The van der Waals surface area contributed by atoms with Crippen LogP contribution in [0.1, 0.15) is 5.56 Å². The topological polar surface area (TPSA) is 61.6 Å². The molecule has 4 rings (SSSR count). The first kappa shape index (κ1) is 24.4. The van der Waals surface area contributed by atoms with Crippen LogP contribution in [-0.2, 0) is 11.0 Å². The number of hydrogen-bond acceptors (Lipinski definition) is 5. The fraction of sp³-hybridized carbons (Fsp3) is 0.304. The average molecular weight is 513 g/mol. The molecule has 0 spiro atoms. The van der Waals surface area contributed by atoms with Crippen LogP contribution in [0, 0.1) is 0 Å². The van der Waals surface area contributed by atoms with Gasteiger partial charge >= 0.3 is 6.18 Å². The highest BCUT2D eigenvalue weighted by atomic mass is 35.5. The lowest BCUT2D eigenvalue weighted by Gasteiger charge is -2.35. The highest BCUT2D eigenvalue weighted by molar-refractivity contribution is 6.54. The van der Waals surface area contributed by atoms with Gasteiger partial charge in [0.2, 0.25) is 5.89 Å². The minimum absolute atomic E-state index is 0.117. The summed E-state index contributed by atoms with van der Waals surface area (Å²) < 4.78 is 47.8. The number of aromatic nitrogens is 1. The van der Waals surface area contributed by atoms with Gasteiger partial charge in [0.1, 0.15) is 0 Å². The standard InChI is InChI=1S/C23H21Cl2F3N4O2/c1-31-9-11-32(12-10-31)17-8-4-6-15(23(26,27)28)19(17)22-29-13-18(34-22)14-5-2-3-7-16(14)30-21(33)20(24)25/h2-8,13,20H,9-12H2,1H3,(H,30,33). The van der Waals surface area contributed by atoms with Gasteiger partial charge in [0.25, 0.3) is 5.91 Å². The summed E-state index contributed by atoms with van der Waals surface area (Å²) in [5.74, 6) is -0.617. The van der Waals surface area contributed by atoms with Crippen molar-refractivity contribution < 1.29 is 22.4 Å². The molecule has 0 aliphatic carbocycles. The Morgan fingerprint density at radius 1 is 1.09 bits per heavy atom. The van der Waals surface area contributed by atoms with Crippen molar-refractivity contribution in [1.82, 2.24) is 9.88 Å². The number of rotatable bonds is 5. The number of nitrogens with zero attached hydrogens (tertiary/aromatic N) is 3. The maximum Gasteiger partial charge on any atom is 0.417 e. The van der Waals surface area contributed by atoms with E-state index in [4.69, 9.17) is 27.6 Å². The number of para-hydroxylation sites is 1. The van der Waals surface area contributed by atoms with Crippen LogP contribution in [0.25, 0.3) is 22.8 Å². The third-order valence-corrected chi connectivity index (χ3v) is 5.96. The Kier molecular flexibility index (Phi) is 7.06. The van der Waals surface area contributed by atoms with Crippen molar-refractivity contribution in [2.45, 2.75) is 11.0 Å². The average Bonchev–Trinajstić information content (AvgIpc) is 3.28. The largest absolute Gasteiger partial charge is 0.436 e. The molecule has 6 nitrogen and oxygen atoms in total. The predicted molar refractivity (Wildman–Crippen MR) is 126 cm³/mol. The second-order valence-electron chi connectivity index (χ2n) is 7.85. The van der Waals surface area contributed by atoms with Gasteiger partial charge in [-0.15, -0.1) is 0 Å². The molecule has 1 aliphatic rings. The maximum atomic E-state index is 14.0. The summed E-state index contributed by atoms with van der Waals surface area (Å²) in [5.41, 5.74) is 0.226. The smallest absolute Gasteiger partial charge is 0.417 e. The number of halogens is 5. The summed E-state index contributed by atoms with van der Waals surface area (Å²) in [4.78, 5) is 18.9. The van der Waals surface area contributed by atoms with Crippen molar-refractivity contribution in [2.75, 3.05) is 43.4 Å². The molecule has 0 unspecified atom stereocenters. The number of hydrogen-bond donors (Lipinski definition) is 1. The molecule has 2 heterocycles. The number of piperazine rings is 1. The Hall–Kier alpha value is -2.75. The molecule has 0 saturated carbocycles. The van der Waals surface area contributed by atoms with E-state index in [9.17, 15) is 18.0 Å². The molecule has 2 aromatic carbocycles. The van der Waals surface area contributed by atoms with Gasteiger partial charge in [-0.05, 0) is 31.3 Å². The van der Waals surface area contributed by atoms with Gasteiger partial charge in [0.05, 0.1) is 28.7 Å². The lowest BCUT2D eigenvalue weighted by molar-refractivity contribution is -0.137. The number of oxazole rings is 1. The van der Waals surface area contributed by atoms with E-state index in [0.29, 0.717) is 30.0 Å². The number of amides is 1. The summed E-state index contributed by atoms with van der Waals surface area (Å²) in [7, 11) is 1.97. The van der Waals surface area contributed by atoms with Crippen LogP contribution in [0.2, 0.25) is 0 Å². The summed E-state index contributed by atoms with van der Waals surface area (Å²) in [5, 5.41) is 2.58. The molecule has 11 heteroatoms. The van der Waals surface area contributed by atoms with Crippen LogP contribution >= 0.6 is 23.2 Å². The van der Waals surface area contributed by atoms with E-state index in [1.165, 1.54) is 12.3 Å². The van der Waals surface area contributed by atoms with Gasteiger partial charge in [-0.1, -0.05) is 41.4 Å². The van der Waals surface area contributed by atoms with Crippen LogP contribution < -0.4 is 10.2 Å². The van der Waals surface area contributed by atoms with Crippen molar-refractivity contribution in [3.8, 4) is 22.8 Å². The first-order chi connectivity index (χ1) is 16.1. The van der Waals surface area contributed by atoms with Crippen molar-refractivity contribution in [3.63, 3.8) is 0 Å². The van der Waals surface area contributed by atoms with Crippen LogP contribution in [0.4, 0.5) is 24.5 Å². The Morgan fingerprint density at radius 2 is 1.79 bits per heavy atom. The van der Waals surface area contributed by atoms with Gasteiger partial charge in [0.15, 0.2) is 10.6 Å². The maximum absolute atomic E-state index is 14.0. The summed E-state index contributed by atoms with van der Waals surface area (Å²) in [6.07, 6.45) is -3.27. The van der Waals surface area contributed by atoms with E-state index in [2.05, 4.69) is 15.2 Å². The van der Waals surface area contributed by atoms with Crippen molar-refractivity contribution in [2.24, 2.45) is 0 Å². The second-order valence-corrected chi connectivity index (χ2v) is 8.95. The monoisotopic (exact) mass is 512 g/mol. The predicted octanol–water partition coefficient (Wildman–Crippen LogP) is 5.52. The van der Waals surface area contributed by atoms with Crippen LogP contribution in [-0.4, -0.2) is 53.9 Å². The summed E-state index contributed by atoms with van der Waals surface area (Å²) in [6, 6.07) is 10.7. The zero-order valence-electron chi connectivity index (χ0n) is 18.1. The van der Waals surface area contributed by atoms with Gasteiger partial charge in [-0.2, -0.15) is 13.2 Å². The number of alkyl halides is 5. The molecular weight excluding hydrogens is 492 g/mol. The van der Waals surface area contributed by atoms with E-state index in [-0.39, 0.29) is 17.2 Å². The zero-order chi connectivity index (χ0) is 24.5. The lowest BCUT2D eigenvalue weighted by Crippen LogP contribution is -2.44. The molecule has 0 radical (unpaired) electrons. The Balaban J connectivity index is 1.78. The fourth-order valence-electron chi connectivity index (χ4n) is 3.82. The van der Waals surface area contributed by atoms with E-state index in [1.54, 1.807) is 30.3 Å². The van der Waals surface area contributed by atoms with Crippen LogP contribution in [0.5, 0.6) is 0 Å². The van der Waals surface area contributed by atoms with Crippen LogP contribution in [0.15, 0.2) is 53.1 Å². The summed E-state index contributed by atoms with van der Waals surface area (Å²) >= 11 is 11.2. The van der Waals surface area contributed by atoms with Gasteiger partial charge in [0, 0.05) is 31.7 Å². The molecule has 1 fully saturated rings. The number of carbonyl (C=O) groups is 1. The Morgan fingerprint density at radius 3 is 2.47 bits per heavy atom. The molecule has 1 aromatic heterocycles. The van der Waals surface area contributed by atoms with Gasteiger partial charge in [-0.25, -0.2) is 4.98 Å². The molecule has 0 bridgehead atoms. The molecule has 180 valence electrons. The normalized spacial score (nSPS) is 15.1. The Labute approximate surface area is 204 Å².